The zero-order valence-corrected chi connectivity index (χ0v) is 18.0. The molecule has 0 saturated carbocycles. The molecule has 2 fully saturated rings. The van der Waals surface area contributed by atoms with Gasteiger partial charge in [0.1, 0.15) is 11.6 Å². The van der Waals surface area contributed by atoms with Crippen LogP contribution in [0.3, 0.4) is 0 Å². The van der Waals surface area contributed by atoms with Gasteiger partial charge in [-0.15, -0.1) is 0 Å². The fraction of sp³-hybridized carbons (Fsp3) is 0.480. The van der Waals surface area contributed by atoms with Crippen molar-refractivity contribution in [2.24, 2.45) is 5.92 Å². The fourth-order valence-corrected chi connectivity index (χ4v) is 4.89. The average Bonchev–Trinajstić information content (AvgIpc) is 2.80. The molecule has 2 aliphatic heterocycles. The third-order valence-corrected chi connectivity index (χ3v) is 6.69. The molecule has 2 saturated heterocycles. The lowest BCUT2D eigenvalue weighted by molar-refractivity contribution is -0.0251. The van der Waals surface area contributed by atoms with Gasteiger partial charge in [-0.2, -0.15) is 0 Å². The summed E-state index contributed by atoms with van der Waals surface area (Å²) in [6.07, 6.45) is 2.11. The number of hydrogen-bond acceptors (Lipinski definition) is 5. The summed E-state index contributed by atoms with van der Waals surface area (Å²) >= 11 is 0. The van der Waals surface area contributed by atoms with Crippen LogP contribution in [0.1, 0.15) is 35.2 Å². The van der Waals surface area contributed by atoms with Gasteiger partial charge in [-0.1, -0.05) is 12.1 Å². The number of carbonyl (C=O) groups is 1. The van der Waals surface area contributed by atoms with E-state index in [-0.39, 0.29) is 23.6 Å². The first kappa shape index (κ1) is 21.9. The van der Waals surface area contributed by atoms with Crippen LogP contribution in [0.15, 0.2) is 48.5 Å². The van der Waals surface area contributed by atoms with Crippen LogP contribution in [0.2, 0.25) is 0 Å². The topological polar surface area (TPSA) is 53.0 Å². The van der Waals surface area contributed by atoms with Crippen LogP contribution in [0.4, 0.5) is 4.39 Å². The van der Waals surface area contributed by atoms with Crippen molar-refractivity contribution >= 4 is 5.78 Å². The minimum atomic E-state index is -0.392. The second-order valence-corrected chi connectivity index (χ2v) is 8.69. The molecule has 0 aromatic heterocycles. The Balaban J connectivity index is 1.26. The van der Waals surface area contributed by atoms with Gasteiger partial charge in [-0.3, -0.25) is 14.6 Å². The van der Waals surface area contributed by atoms with Gasteiger partial charge in [0.15, 0.2) is 5.78 Å². The number of hydrogen-bond donors (Lipinski definition) is 1. The molecule has 0 bridgehead atoms. The lowest BCUT2D eigenvalue weighted by Gasteiger charge is -2.44. The number of ether oxygens (including phenoxy) is 1. The van der Waals surface area contributed by atoms with Crippen LogP contribution >= 0.6 is 0 Å². The highest BCUT2D eigenvalue weighted by Crippen LogP contribution is 2.27. The van der Waals surface area contributed by atoms with E-state index in [2.05, 4.69) is 21.9 Å². The number of piperidine rings is 2. The van der Waals surface area contributed by atoms with Gasteiger partial charge < -0.3 is 9.84 Å². The molecule has 1 N–H and O–H groups in total. The fourth-order valence-electron chi connectivity index (χ4n) is 4.89. The summed E-state index contributed by atoms with van der Waals surface area (Å²) in [6.45, 7) is 4.06. The Bertz CT molecular complexity index is 863. The Kier molecular flexibility index (Phi) is 7.00. The van der Waals surface area contributed by atoms with Crippen molar-refractivity contribution in [3.8, 4) is 5.75 Å². The molecule has 0 amide bonds. The molecule has 2 heterocycles. The molecule has 2 aliphatic rings. The molecular weight excluding hydrogens is 395 g/mol. The molecule has 2 aromatic rings. The van der Waals surface area contributed by atoms with E-state index in [4.69, 9.17) is 4.74 Å². The number of carbonyl (C=O) groups excluding carboxylic acids is 1. The van der Waals surface area contributed by atoms with Crippen molar-refractivity contribution in [2.45, 2.75) is 38.0 Å². The van der Waals surface area contributed by atoms with Gasteiger partial charge in [0.2, 0.25) is 0 Å². The first-order valence-electron chi connectivity index (χ1n) is 11.1. The van der Waals surface area contributed by atoms with E-state index >= 15 is 0 Å². The molecular formula is C25H31FN2O3. The number of aliphatic hydroxyl groups is 1. The predicted octanol–water partition coefficient (Wildman–Crippen LogP) is 3.36. The lowest BCUT2D eigenvalue weighted by atomic mass is 9.87. The number of likely N-dealkylation sites (tertiary alicyclic amines) is 2. The molecule has 166 valence electrons. The van der Waals surface area contributed by atoms with E-state index in [1.807, 2.05) is 12.1 Å². The van der Waals surface area contributed by atoms with E-state index in [0.717, 1.165) is 51.2 Å². The molecule has 0 unspecified atom stereocenters. The summed E-state index contributed by atoms with van der Waals surface area (Å²) in [4.78, 5) is 17.4. The van der Waals surface area contributed by atoms with Crippen LogP contribution < -0.4 is 4.74 Å². The van der Waals surface area contributed by atoms with Gasteiger partial charge in [0, 0.05) is 37.2 Å². The van der Waals surface area contributed by atoms with Crippen molar-refractivity contribution in [1.29, 1.82) is 0 Å². The number of halogens is 1. The Hall–Kier alpha value is -2.28. The van der Waals surface area contributed by atoms with Crippen LogP contribution in [-0.4, -0.2) is 66.1 Å². The summed E-state index contributed by atoms with van der Waals surface area (Å²) in [5.41, 5.74) is 1.80. The summed E-state index contributed by atoms with van der Waals surface area (Å²) < 4.78 is 18.3. The van der Waals surface area contributed by atoms with Gasteiger partial charge in [-0.05, 0) is 74.3 Å². The molecule has 0 aliphatic carbocycles. The summed E-state index contributed by atoms with van der Waals surface area (Å²) in [5.74, 6) is 0.617. The second kappa shape index (κ2) is 9.90. The summed E-state index contributed by atoms with van der Waals surface area (Å²) in [5, 5.41) is 10.8. The molecule has 4 rings (SSSR count). The van der Waals surface area contributed by atoms with Crippen LogP contribution in [0.5, 0.6) is 5.75 Å². The molecule has 0 spiro atoms. The first-order valence-corrected chi connectivity index (χ1v) is 11.1. The Morgan fingerprint density at radius 3 is 2.32 bits per heavy atom. The maximum Gasteiger partial charge on any atom is 0.166 e. The average molecular weight is 427 g/mol. The quantitative estimate of drug-likeness (QED) is 0.718. The highest BCUT2D eigenvalue weighted by atomic mass is 19.1. The zero-order chi connectivity index (χ0) is 21.8. The number of aliphatic hydroxyl groups excluding tert-OH is 1. The highest BCUT2D eigenvalue weighted by molar-refractivity contribution is 5.97. The second-order valence-electron chi connectivity index (χ2n) is 8.69. The predicted molar refractivity (Wildman–Crippen MR) is 118 cm³/mol. The SMILES string of the molecule is COc1ccc(CN2CC[C@H](N3CCC(C(=O)c4ccc(F)cc4)CC3)[C@H](O)C2)cc1. The Labute approximate surface area is 183 Å². The molecule has 2 aromatic carbocycles. The van der Waals surface area contributed by atoms with Crippen LogP contribution in [0.25, 0.3) is 0 Å². The lowest BCUT2D eigenvalue weighted by Crippen LogP contribution is -2.55. The van der Waals surface area contributed by atoms with E-state index < -0.39 is 6.10 Å². The molecule has 31 heavy (non-hydrogen) atoms. The van der Waals surface area contributed by atoms with Crippen molar-refractivity contribution < 1.29 is 19.0 Å². The molecule has 0 radical (unpaired) electrons. The van der Waals surface area contributed by atoms with Gasteiger partial charge in [0.05, 0.1) is 13.2 Å². The smallest absolute Gasteiger partial charge is 0.166 e. The largest absolute Gasteiger partial charge is 0.497 e. The van der Waals surface area contributed by atoms with Crippen molar-refractivity contribution in [3.63, 3.8) is 0 Å². The molecule has 5 nitrogen and oxygen atoms in total. The first-order chi connectivity index (χ1) is 15.0. The third kappa shape index (κ3) is 5.32. The van der Waals surface area contributed by atoms with E-state index in [0.29, 0.717) is 12.1 Å². The number of nitrogens with zero attached hydrogens (tertiary/aromatic N) is 2. The van der Waals surface area contributed by atoms with E-state index in [9.17, 15) is 14.3 Å². The third-order valence-electron chi connectivity index (χ3n) is 6.69. The van der Waals surface area contributed by atoms with Crippen LogP contribution in [0, 0.1) is 11.7 Å². The highest BCUT2D eigenvalue weighted by Gasteiger charge is 2.35. The standard InChI is InChI=1S/C25H31FN2O3/c1-31-22-8-2-18(3-9-22)16-27-13-12-23(24(29)17-27)28-14-10-20(11-15-28)25(30)19-4-6-21(26)7-5-19/h2-9,20,23-24,29H,10-17H2,1H3/t23-,24+/m0/s1. The zero-order valence-electron chi connectivity index (χ0n) is 18.0. The van der Waals surface area contributed by atoms with Crippen molar-refractivity contribution in [1.82, 2.24) is 9.80 Å². The van der Waals surface area contributed by atoms with Crippen molar-refractivity contribution in [3.05, 3.63) is 65.5 Å². The Morgan fingerprint density at radius 1 is 1.03 bits per heavy atom. The maximum absolute atomic E-state index is 13.1. The number of β-amino-alcohol motifs (C(OH)–C–C–N with tert-alkyl or cyclic N) is 1. The molecule has 6 heteroatoms. The normalized spacial score (nSPS) is 23.6. The molecule has 2 atom stereocenters. The number of Topliss-reactive ketones (excluding diaryl/α,β-unsaturated/α-hetero) is 1. The minimum absolute atomic E-state index is 0.0194. The number of ketones is 1. The van der Waals surface area contributed by atoms with Crippen molar-refractivity contribution in [2.75, 3.05) is 33.3 Å². The minimum Gasteiger partial charge on any atom is -0.497 e. The van der Waals surface area contributed by atoms with Gasteiger partial charge in [-0.25, -0.2) is 4.39 Å². The summed E-state index contributed by atoms with van der Waals surface area (Å²) in [7, 11) is 1.66. The number of benzene rings is 2. The van der Waals surface area contributed by atoms with Crippen LogP contribution in [-0.2, 0) is 6.54 Å². The maximum atomic E-state index is 13.1. The van der Waals surface area contributed by atoms with E-state index in [1.54, 1.807) is 19.2 Å². The van der Waals surface area contributed by atoms with E-state index in [1.165, 1.54) is 17.7 Å². The number of methoxy groups -OCH3 is 1. The van der Waals surface area contributed by atoms with Gasteiger partial charge >= 0.3 is 0 Å². The Morgan fingerprint density at radius 2 is 1.71 bits per heavy atom. The van der Waals surface area contributed by atoms with Gasteiger partial charge in [0.25, 0.3) is 0 Å². The number of rotatable bonds is 6. The summed E-state index contributed by atoms with van der Waals surface area (Å²) in [6, 6.07) is 14.1. The monoisotopic (exact) mass is 426 g/mol.